The van der Waals surface area contributed by atoms with Crippen molar-refractivity contribution >= 4 is 29.7 Å². The normalized spacial score (nSPS) is 17.4. The van der Waals surface area contributed by atoms with Crippen molar-refractivity contribution in [3.05, 3.63) is 48.0 Å². The summed E-state index contributed by atoms with van der Waals surface area (Å²) in [4.78, 5) is 15.4. The molecule has 0 saturated carbocycles. The summed E-state index contributed by atoms with van der Waals surface area (Å²) in [5.41, 5.74) is 2.35. The Morgan fingerprint density at radius 1 is 1.04 bits per heavy atom. The average Bonchev–Trinajstić information content (AvgIpc) is 2.71. The first-order valence-corrected chi connectivity index (χ1v) is 9.27. The molecule has 2 heterocycles. The Bertz CT molecular complexity index is 830. The first-order valence-electron chi connectivity index (χ1n) is 9.27. The highest BCUT2D eigenvalue weighted by atomic mass is 35.5. The van der Waals surface area contributed by atoms with Gasteiger partial charge in [0.05, 0.1) is 32.1 Å². The molecule has 6 nitrogen and oxygen atoms in total. The minimum Gasteiger partial charge on any atom is -0.497 e. The van der Waals surface area contributed by atoms with Gasteiger partial charge in [-0.2, -0.15) is 0 Å². The molecule has 28 heavy (non-hydrogen) atoms. The zero-order valence-electron chi connectivity index (χ0n) is 16.2. The van der Waals surface area contributed by atoms with Crippen molar-refractivity contribution in [1.29, 1.82) is 0 Å². The molecule has 0 bridgehead atoms. The van der Waals surface area contributed by atoms with Crippen molar-refractivity contribution in [2.24, 2.45) is 0 Å². The molecule has 0 unspecified atom stereocenters. The zero-order chi connectivity index (χ0) is 18.9. The molecule has 1 spiro atoms. The summed E-state index contributed by atoms with van der Waals surface area (Å²) >= 11 is 0. The summed E-state index contributed by atoms with van der Waals surface area (Å²) in [7, 11) is 3.27. The number of nitrogens with one attached hydrogen (secondary N) is 2. The van der Waals surface area contributed by atoms with Crippen LogP contribution in [-0.4, -0.2) is 38.8 Å². The van der Waals surface area contributed by atoms with Gasteiger partial charge in [-0.25, -0.2) is 0 Å². The van der Waals surface area contributed by atoms with Gasteiger partial charge < -0.3 is 25.0 Å². The number of hydrogen-bond acceptors (Lipinski definition) is 5. The van der Waals surface area contributed by atoms with Gasteiger partial charge >= 0.3 is 0 Å². The highest BCUT2D eigenvalue weighted by Crippen LogP contribution is 2.40. The quantitative estimate of drug-likeness (QED) is 0.820. The Labute approximate surface area is 171 Å². The third kappa shape index (κ3) is 3.62. The fourth-order valence-corrected chi connectivity index (χ4v) is 3.98. The van der Waals surface area contributed by atoms with E-state index in [0.29, 0.717) is 6.54 Å². The lowest BCUT2D eigenvalue weighted by atomic mass is 9.84. The van der Waals surface area contributed by atoms with Crippen LogP contribution in [0.15, 0.2) is 42.5 Å². The number of methoxy groups -OCH3 is 2. The summed E-state index contributed by atoms with van der Waals surface area (Å²) in [6.07, 6.45) is 1.55. The van der Waals surface area contributed by atoms with E-state index < -0.39 is 5.54 Å². The monoisotopic (exact) mass is 403 g/mol. The number of para-hydroxylation sites is 2. The van der Waals surface area contributed by atoms with Gasteiger partial charge in [-0.1, -0.05) is 12.1 Å². The van der Waals surface area contributed by atoms with Crippen LogP contribution >= 0.6 is 12.4 Å². The summed E-state index contributed by atoms with van der Waals surface area (Å²) in [6, 6.07) is 13.8. The van der Waals surface area contributed by atoms with Gasteiger partial charge in [0.15, 0.2) is 0 Å². The van der Waals surface area contributed by atoms with E-state index in [2.05, 4.69) is 10.6 Å². The van der Waals surface area contributed by atoms with Crippen LogP contribution in [0.4, 0.5) is 11.4 Å². The number of carbonyl (C=O) groups is 1. The predicted octanol–water partition coefficient (Wildman–Crippen LogP) is 3.21. The lowest BCUT2D eigenvalue weighted by molar-refractivity contribution is -0.124. The SMILES string of the molecule is COc1cc(CN2C(=O)C3(CCNCC3)Nc3ccccc32)cc(OC)c1.Cl. The number of carbonyl (C=O) groups excluding carboxylic acids is 1. The van der Waals surface area contributed by atoms with Crippen molar-refractivity contribution in [3.63, 3.8) is 0 Å². The average molecular weight is 404 g/mol. The second-order valence-electron chi connectivity index (χ2n) is 7.09. The van der Waals surface area contributed by atoms with Gasteiger partial charge in [0.2, 0.25) is 0 Å². The topological polar surface area (TPSA) is 62.8 Å². The standard InChI is InChI=1S/C21H25N3O3.ClH/c1-26-16-11-15(12-17(13-16)27-2)14-24-19-6-4-3-5-18(19)23-21(20(24)25)7-9-22-10-8-21;/h3-6,11-13,22-23H,7-10,14H2,1-2H3;1H. The second kappa shape index (κ2) is 8.29. The van der Waals surface area contributed by atoms with Crippen molar-refractivity contribution < 1.29 is 14.3 Å². The maximum absolute atomic E-state index is 13.6. The Balaban J connectivity index is 0.00000225. The summed E-state index contributed by atoms with van der Waals surface area (Å²) in [5, 5.41) is 6.89. The number of nitrogens with zero attached hydrogens (tertiary/aromatic N) is 1. The highest BCUT2D eigenvalue weighted by Gasteiger charge is 2.46. The van der Waals surface area contributed by atoms with Crippen LogP contribution < -0.4 is 25.0 Å². The molecule has 2 aliphatic rings. The van der Waals surface area contributed by atoms with Gasteiger partial charge in [-0.3, -0.25) is 4.79 Å². The van der Waals surface area contributed by atoms with Crippen LogP contribution in [-0.2, 0) is 11.3 Å². The number of anilines is 2. The van der Waals surface area contributed by atoms with E-state index >= 15 is 0 Å². The van der Waals surface area contributed by atoms with E-state index in [9.17, 15) is 4.79 Å². The van der Waals surface area contributed by atoms with Crippen LogP contribution in [0.2, 0.25) is 0 Å². The van der Waals surface area contributed by atoms with E-state index in [-0.39, 0.29) is 18.3 Å². The van der Waals surface area contributed by atoms with Gasteiger partial charge in [0.25, 0.3) is 5.91 Å². The van der Waals surface area contributed by atoms with E-state index in [0.717, 1.165) is 54.4 Å². The van der Waals surface area contributed by atoms with Gasteiger partial charge in [0.1, 0.15) is 17.0 Å². The molecule has 150 valence electrons. The lowest BCUT2D eigenvalue weighted by Crippen LogP contribution is -2.61. The molecular weight excluding hydrogens is 378 g/mol. The largest absolute Gasteiger partial charge is 0.497 e. The van der Waals surface area contributed by atoms with Crippen LogP contribution in [0.25, 0.3) is 0 Å². The van der Waals surface area contributed by atoms with Gasteiger partial charge in [0, 0.05) is 6.07 Å². The molecule has 7 heteroatoms. The summed E-state index contributed by atoms with van der Waals surface area (Å²) in [6.45, 7) is 2.14. The minimum atomic E-state index is -0.539. The Kier molecular flexibility index (Phi) is 6.01. The molecule has 1 fully saturated rings. The van der Waals surface area contributed by atoms with Gasteiger partial charge in [-0.05, 0) is 55.8 Å². The van der Waals surface area contributed by atoms with Crippen molar-refractivity contribution in [1.82, 2.24) is 5.32 Å². The van der Waals surface area contributed by atoms with E-state index in [1.165, 1.54) is 0 Å². The molecule has 0 aliphatic carbocycles. The van der Waals surface area contributed by atoms with E-state index in [4.69, 9.17) is 9.47 Å². The first-order chi connectivity index (χ1) is 13.1. The van der Waals surface area contributed by atoms with Crippen molar-refractivity contribution in [3.8, 4) is 11.5 Å². The van der Waals surface area contributed by atoms with Gasteiger partial charge in [-0.15, -0.1) is 12.4 Å². The molecule has 4 rings (SSSR count). The van der Waals surface area contributed by atoms with Crippen LogP contribution in [0, 0.1) is 0 Å². The molecule has 2 aliphatic heterocycles. The van der Waals surface area contributed by atoms with Crippen molar-refractivity contribution in [2.75, 3.05) is 37.5 Å². The number of amides is 1. The molecule has 2 N–H and O–H groups in total. The molecular formula is C21H26ClN3O3. The minimum absolute atomic E-state index is 0. The van der Waals surface area contributed by atoms with Crippen LogP contribution in [0.5, 0.6) is 11.5 Å². The number of fused-ring (bicyclic) bond motifs is 1. The number of rotatable bonds is 4. The number of benzene rings is 2. The molecule has 2 aromatic rings. The third-order valence-corrected chi connectivity index (χ3v) is 5.43. The van der Waals surface area contributed by atoms with Crippen molar-refractivity contribution in [2.45, 2.75) is 24.9 Å². The van der Waals surface area contributed by atoms with E-state index in [1.807, 2.05) is 47.4 Å². The second-order valence-corrected chi connectivity index (χ2v) is 7.09. The number of piperidine rings is 1. The Morgan fingerprint density at radius 2 is 1.68 bits per heavy atom. The molecule has 0 atom stereocenters. The number of ether oxygens (including phenoxy) is 2. The highest BCUT2D eigenvalue weighted by molar-refractivity contribution is 6.07. The lowest BCUT2D eigenvalue weighted by Gasteiger charge is -2.46. The third-order valence-electron chi connectivity index (χ3n) is 5.43. The van der Waals surface area contributed by atoms with E-state index in [1.54, 1.807) is 14.2 Å². The molecule has 1 saturated heterocycles. The smallest absolute Gasteiger partial charge is 0.253 e. The summed E-state index contributed by atoms with van der Waals surface area (Å²) in [5.74, 6) is 1.57. The van der Waals surface area contributed by atoms with Crippen LogP contribution in [0.3, 0.4) is 0 Å². The molecule has 0 aromatic heterocycles. The first kappa shape index (κ1) is 20.3. The molecule has 2 aromatic carbocycles. The molecule has 0 radical (unpaired) electrons. The predicted molar refractivity (Wildman–Crippen MR) is 113 cm³/mol. The number of hydrogen-bond donors (Lipinski definition) is 2. The zero-order valence-corrected chi connectivity index (χ0v) is 17.0. The fourth-order valence-electron chi connectivity index (χ4n) is 3.98. The fraction of sp³-hybridized carbons (Fsp3) is 0.381. The van der Waals surface area contributed by atoms with Crippen LogP contribution in [0.1, 0.15) is 18.4 Å². The maximum Gasteiger partial charge on any atom is 0.253 e. The Hall–Kier alpha value is -2.44. The molecule has 1 amide bonds. The maximum atomic E-state index is 13.6. The Morgan fingerprint density at radius 3 is 2.32 bits per heavy atom. The summed E-state index contributed by atoms with van der Waals surface area (Å²) < 4.78 is 10.8. The number of halogens is 1.